The minimum Gasteiger partial charge on any atom is -0.481 e. The summed E-state index contributed by atoms with van der Waals surface area (Å²) in [6, 6.07) is 3.98. The van der Waals surface area contributed by atoms with Crippen LogP contribution in [0.1, 0.15) is 15.3 Å². The minimum atomic E-state index is 0.570. The van der Waals surface area contributed by atoms with Crippen molar-refractivity contribution in [2.45, 2.75) is 20.4 Å². The zero-order valence-corrected chi connectivity index (χ0v) is 11.0. The zero-order chi connectivity index (χ0) is 12.3. The number of hydrogen-bond acceptors (Lipinski definition) is 5. The van der Waals surface area contributed by atoms with Crippen molar-refractivity contribution >= 4 is 17.2 Å². The highest BCUT2D eigenvalue weighted by Crippen LogP contribution is 2.21. The van der Waals surface area contributed by atoms with E-state index in [4.69, 9.17) is 4.74 Å². The van der Waals surface area contributed by atoms with Crippen LogP contribution in [0.15, 0.2) is 18.5 Å². The maximum absolute atomic E-state index is 5.04. The van der Waals surface area contributed by atoms with Crippen LogP contribution in [0, 0.1) is 13.8 Å². The number of thiophene rings is 1. The standard InChI is InChI=1S/C12H15N3OS/c1-8-4-10(17-9(8)2)6-13-11-5-12(16-3)15-7-14-11/h4-5,7H,6H2,1-3H3,(H,13,14,15). The van der Waals surface area contributed by atoms with Gasteiger partial charge in [-0.15, -0.1) is 11.3 Å². The molecule has 1 N–H and O–H groups in total. The van der Waals surface area contributed by atoms with E-state index in [2.05, 4.69) is 35.2 Å². The first-order valence-electron chi connectivity index (χ1n) is 5.35. The number of anilines is 1. The Hall–Kier alpha value is -1.62. The van der Waals surface area contributed by atoms with Gasteiger partial charge in [0.1, 0.15) is 12.1 Å². The predicted molar refractivity (Wildman–Crippen MR) is 69.7 cm³/mol. The number of methoxy groups -OCH3 is 1. The van der Waals surface area contributed by atoms with Crippen molar-refractivity contribution in [1.82, 2.24) is 9.97 Å². The lowest BCUT2D eigenvalue weighted by atomic mass is 10.3. The van der Waals surface area contributed by atoms with Gasteiger partial charge in [-0.25, -0.2) is 9.97 Å². The van der Waals surface area contributed by atoms with Gasteiger partial charge in [-0.2, -0.15) is 0 Å². The Morgan fingerprint density at radius 1 is 1.29 bits per heavy atom. The Morgan fingerprint density at radius 3 is 2.76 bits per heavy atom. The molecular formula is C12H15N3OS. The Kier molecular flexibility index (Phi) is 3.58. The Bertz CT molecular complexity index is 491. The van der Waals surface area contributed by atoms with Gasteiger partial charge in [-0.05, 0) is 25.5 Å². The molecule has 2 rings (SSSR count). The fraction of sp³-hybridized carbons (Fsp3) is 0.333. The summed E-state index contributed by atoms with van der Waals surface area (Å²) < 4.78 is 5.04. The molecule has 0 aliphatic heterocycles. The zero-order valence-electron chi connectivity index (χ0n) is 10.2. The Labute approximate surface area is 105 Å². The summed E-state index contributed by atoms with van der Waals surface area (Å²) in [6.45, 7) is 5.04. The molecule has 0 atom stereocenters. The van der Waals surface area contributed by atoms with Crippen LogP contribution in [-0.4, -0.2) is 17.1 Å². The maximum Gasteiger partial charge on any atom is 0.218 e. The van der Waals surface area contributed by atoms with Crippen molar-refractivity contribution in [2.75, 3.05) is 12.4 Å². The number of aryl methyl sites for hydroxylation is 2. The van der Waals surface area contributed by atoms with E-state index in [1.807, 2.05) is 0 Å². The SMILES string of the molecule is COc1cc(NCc2cc(C)c(C)s2)ncn1. The van der Waals surface area contributed by atoms with Crippen molar-refractivity contribution in [2.24, 2.45) is 0 Å². The second-order valence-electron chi connectivity index (χ2n) is 3.75. The lowest BCUT2D eigenvalue weighted by molar-refractivity contribution is 0.397. The molecule has 0 fully saturated rings. The van der Waals surface area contributed by atoms with E-state index in [0.717, 1.165) is 12.4 Å². The van der Waals surface area contributed by atoms with Crippen LogP contribution in [0.25, 0.3) is 0 Å². The van der Waals surface area contributed by atoms with Gasteiger partial charge < -0.3 is 10.1 Å². The maximum atomic E-state index is 5.04. The third-order valence-electron chi connectivity index (χ3n) is 2.51. The lowest BCUT2D eigenvalue weighted by Crippen LogP contribution is -2.00. The average molecular weight is 249 g/mol. The van der Waals surface area contributed by atoms with Gasteiger partial charge in [0.25, 0.3) is 0 Å². The second kappa shape index (κ2) is 5.14. The van der Waals surface area contributed by atoms with Crippen LogP contribution in [0.4, 0.5) is 5.82 Å². The van der Waals surface area contributed by atoms with Crippen LogP contribution in [0.2, 0.25) is 0 Å². The predicted octanol–water partition coefficient (Wildman–Crippen LogP) is 2.78. The highest BCUT2D eigenvalue weighted by Gasteiger charge is 2.02. The van der Waals surface area contributed by atoms with Gasteiger partial charge >= 0.3 is 0 Å². The van der Waals surface area contributed by atoms with E-state index in [1.165, 1.54) is 21.6 Å². The molecule has 90 valence electrons. The molecule has 2 aromatic rings. The van der Waals surface area contributed by atoms with Crippen molar-refractivity contribution in [3.63, 3.8) is 0 Å². The molecular weight excluding hydrogens is 234 g/mol. The van der Waals surface area contributed by atoms with Crippen molar-refractivity contribution < 1.29 is 4.74 Å². The summed E-state index contributed by atoms with van der Waals surface area (Å²) >= 11 is 1.81. The number of nitrogens with one attached hydrogen (secondary N) is 1. The molecule has 0 saturated heterocycles. The molecule has 0 unspecified atom stereocenters. The quantitative estimate of drug-likeness (QED) is 0.905. The smallest absolute Gasteiger partial charge is 0.218 e. The molecule has 4 nitrogen and oxygen atoms in total. The van der Waals surface area contributed by atoms with E-state index in [-0.39, 0.29) is 0 Å². The normalized spacial score (nSPS) is 10.3. The molecule has 0 radical (unpaired) electrons. The second-order valence-corrected chi connectivity index (χ2v) is 5.09. The number of aromatic nitrogens is 2. The minimum absolute atomic E-state index is 0.570. The van der Waals surface area contributed by atoms with E-state index in [0.29, 0.717) is 5.88 Å². The number of hydrogen-bond donors (Lipinski definition) is 1. The molecule has 0 aliphatic carbocycles. The largest absolute Gasteiger partial charge is 0.481 e. The van der Waals surface area contributed by atoms with E-state index >= 15 is 0 Å². The fourth-order valence-electron chi connectivity index (χ4n) is 1.46. The monoisotopic (exact) mass is 249 g/mol. The molecule has 0 aliphatic rings. The average Bonchev–Trinajstić information content (AvgIpc) is 2.67. The van der Waals surface area contributed by atoms with Gasteiger partial charge in [0, 0.05) is 15.8 Å². The summed E-state index contributed by atoms with van der Waals surface area (Å²) in [7, 11) is 1.60. The molecule has 0 spiro atoms. The molecule has 0 amide bonds. The Morgan fingerprint density at radius 2 is 2.12 bits per heavy atom. The van der Waals surface area contributed by atoms with Gasteiger partial charge in [0.15, 0.2) is 0 Å². The van der Waals surface area contributed by atoms with Crippen LogP contribution >= 0.6 is 11.3 Å². The fourth-order valence-corrected chi connectivity index (χ4v) is 2.46. The van der Waals surface area contributed by atoms with E-state index in [1.54, 1.807) is 24.5 Å². The topological polar surface area (TPSA) is 47.0 Å². The highest BCUT2D eigenvalue weighted by atomic mass is 32.1. The van der Waals surface area contributed by atoms with Gasteiger partial charge in [0.05, 0.1) is 13.7 Å². The lowest BCUT2D eigenvalue weighted by Gasteiger charge is -2.04. The van der Waals surface area contributed by atoms with E-state index in [9.17, 15) is 0 Å². The summed E-state index contributed by atoms with van der Waals surface area (Å²) in [5, 5.41) is 3.26. The summed E-state index contributed by atoms with van der Waals surface area (Å²) in [5.41, 5.74) is 1.34. The number of rotatable bonds is 4. The molecule has 0 bridgehead atoms. The third kappa shape index (κ3) is 2.94. The molecule has 0 aromatic carbocycles. The summed E-state index contributed by atoms with van der Waals surface area (Å²) in [5.74, 6) is 1.35. The Balaban J connectivity index is 2.01. The number of nitrogens with zero attached hydrogens (tertiary/aromatic N) is 2. The van der Waals surface area contributed by atoms with Gasteiger partial charge in [0.2, 0.25) is 5.88 Å². The van der Waals surface area contributed by atoms with Crippen LogP contribution < -0.4 is 10.1 Å². The third-order valence-corrected chi connectivity index (χ3v) is 3.66. The van der Waals surface area contributed by atoms with E-state index < -0.39 is 0 Å². The molecule has 17 heavy (non-hydrogen) atoms. The van der Waals surface area contributed by atoms with Crippen LogP contribution in [0.5, 0.6) is 5.88 Å². The van der Waals surface area contributed by atoms with Gasteiger partial charge in [-0.1, -0.05) is 0 Å². The molecule has 5 heteroatoms. The first-order valence-corrected chi connectivity index (χ1v) is 6.16. The highest BCUT2D eigenvalue weighted by molar-refractivity contribution is 7.12. The van der Waals surface area contributed by atoms with Crippen molar-refractivity contribution in [3.8, 4) is 5.88 Å². The molecule has 2 heterocycles. The van der Waals surface area contributed by atoms with Crippen molar-refractivity contribution in [3.05, 3.63) is 33.8 Å². The van der Waals surface area contributed by atoms with Crippen LogP contribution in [-0.2, 0) is 6.54 Å². The molecule has 2 aromatic heterocycles. The summed E-state index contributed by atoms with van der Waals surface area (Å²) in [4.78, 5) is 10.8. The first kappa shape index (κ1) is 11.9. The number of ether oxygens (including phenoxy) is 1. The molecule has 0 saturated carbocycles. The van der Waals surface area contributed by atoms with Gasteiger partial charge in [-0.3, -0.25) is 0 Å². The van der Waals surface area contributed by atoms with Crippen molar-refractivity contribution in [1.29, 1.82) is 0 Å². The first-order chi connectivity index (χ1) is 8.19. The van der Waals surface area contributed by atoms with Crippen LogP contribution in [0.3, 0.4) is 0 Å². The summed E-state index contributed by atoms with van der Waals surface area (Å²) in [6.07, 6.45) is 1.49.